The van der Waals surface area contributed by atoms with Gasteiger partial charge in [0.2, 0.25) is 5.91 Å². The number of nitrogens with one attached hydrogen (secondary N) is 2. The number of aryl methyl sites for hydroxylation is 1. The summed E-state index contributed by atoms with van der Waals surface area (Å²) in [5, 5.41) is 5.67. The highest BCUT2D eigenvalue weighted by Gasteiger charge is 2.16. The summed E-state index contributed by atoms with van der Waals surface area (Å²) in [6.45, 7) is 1.81. The summed E-state index contributed by atoms with van der Waals surface area (Å²) in [5.41, 5.74) is 2.64. The lowest BCUT2D eigenvalue weighted by atomic mass is 10.0. The molecule has 6 heteroatoms. The zero-order valence-corrected chi connectivity index (χ0v) is 13.4. The molecule has 1 aliphatic heterocycles. The standard InChI is InChI=1S/C18H19N3O3/c1-12(15-4-2-3-9-19-15)20-18(23)11-24-14-6-7-16-13(10-14)5-8-17(22)21-16/h2-4,6-7,9-10,12H,5,8,11H2,1H3,(H,20,23)(H,21,22)/t12-/m1/s1. The Morgan fingerprint density at radius 3 is 3.00 bits per heavy atom. The summed E-state index contributed by atoms with van der Waals surface area (Å²) in [7, 11) is 0. The number of carbonyl (C=O) groups excluding carboxylic acids is 2. The number of benzene rings is 1. The second kappa shape index (κ2) is 7.12. The van der Waals surface area contributed by atoms with Gasteiger partial charge in [-0.2, -0.15) is 0 Å². The summed E-state index contributed by atoms with van der Waals surface area (Å²) in [6.07, 6.45) is 2.85. The van der Waals surface area contributed by atoms with Gasteiger partial charge < -0.3 is 15.4 Å². The van der Waals surface area contributed by atoms with E-state index in [2.05, 4.69) is 15.6 Å². The predicted octanol–water partition coefficient (Wildman–Crippen LogP) is 2.22. The van der Waals surface area contributed by atoms with Gasteiger partial charge in [-0.05, 0) is 49.2 Å². The minimum atomic E-state index is -0.209. The number of anilines is 1. The fourth-order valence-electron chi connectivity index (χ4n) is 2.59. The number of hydrogen-bond donors (Lipinski definition) is 2. The molecule has 0 fully saturated rings. The molecule has 0 unspecified atom stereocenters. The molecule has 3 rings (SSSR count). The third-order valence-electron chi connectivity index (χ3n) is 3.85. The first-order valence-corrected chi connectivity index (χ1v) is 7.87. The molecule has 0 aliphatic carbocycles. The molecule has 0 saturated heterocycles. The van der Waals surface area contributed by atoms with Gasteiger partial charge in [0, 0.05) is 18.3 Å². The lowest BCUT2D eigenvalue weighted by Crippen LogP contribution is -2.31. The lowest BCUT2D eigenvalue weighted by molar-refractivity contribution is -0.123. The molecule has 6 nitrogen and oxygen atoms in total. The molecular weight excluding hydrogens is 306 g/mol. The minimum absolute atomic E-state index is 0.0269. The van der Waals surface area contributed by atoms with E-state index in [1.54, 1.807) is 18.3 Å². The average Bonchev–Trinajstić information content (AvgIpc) is 2.60. The van der Waals surface area contributed by atoms with Crippen LogP contribution in [0.3, 0.4) is 0 Å². The number of hydrogen-bond acceptors (Lipinski definition) is 4. The van der Waals surface area contributed by atoms with E-state index < -0.39 is 0 Å². The molecule has 124 valence electrons. The fraction of sp³-hybridized carbons (Fsp3) is 0.278. The van der Waals surface area contributed by atoms with E-state index in [0.29, 0.717) is 18.6 Å². The Morgan fingerprint density at radius 1 is 1.33 bits per heavy atom. The maximum Gasteiger partial charge on any atom is 0.258 e. The zero-order valence-electron chi connectivity index (χ0n) is 13.4. The van der Waals surface area contributed by atoms with Crippen LogP contribution in [0.2, 0.25) is 0 Å². The molecule has 1 aromatic heterocycles. The fourth-order valence-corrected chi connectivity index (χ4v) is 2.59. The van der Waals surface area contributed by atoms with Crippen molar-refractivity contribution in [3.05, 3.63) is 53.9 Å². The average molecular weight is 325 g/mol. The van der Waals surface area contributed by atoms with Crippen molar-refractivity contribution >= 4 is 17.5 Å². The van der Waals surface area contributed by atoms with Crippen molar-refractivity contribution in [1.82, 2.24) is 10.3 Å². The Morgan fingerprint density at radius 2 is 2.21 bits per heavy atom. The molecule has 2 amide bonds. The highest BCUT2D eigenvalue weighted by molar-refractivity contribution is 5.94. The molecule has 0 bridgehead atoms. The van der Waals surface area contributed by atoms with Gasteiger partial charge in [-0.15, -0.1) is 0 Å². The van der Waals surface area contributed by atoms with E-state index in [1.807, 2.05) is 31.2 Å². The van der Waals surface area contributed by atoms with Crippen molar-refractivity contribution in [2.75, 3.05) is 11.9 Å². The molecule has 1 atom stereocenters. The van der Waals surface area contributed by atoms with Crippen LogP contribution < -0.4 is 15.4 Å². The molecule has 0 saturated carbocycles. The first-order chi connectivity index (χ1) is 11.6. The summed E-state index contributed by atoms with van der Waals surface area (Å²) >= 11 is 0. The van der Waals surface area contributed by atoms with Crippen LogP contribution in [0.5, 0.6) is 5.75 Å². The van der Waals surface area contributed by atoms with E-state index >= 15 is 0 Å². The summed E-state index contributed by atoms with van der Waals surface area (Å²) < 4.78 is 5.55. The molecule has 2 aromatic rings. The monoisotopic (exact) mass is 325 g/mol. The van der Waals surface area contributed by atoms with Crippen LogP contribution in [0.1, 0.15) is 30.6 Å². The van der Waals surface area contributed by atoms with Gasteiger partial charge in [0.25, 0.3) is 5.91 Å². The number of amides is 2. The Balaban J connectivity index is 1.54. The van der Waals surface area contributed by atoms with Gasteiger partial charge in [0.15, 0.2) is 6.61 Å². The molecule has 2 heterocycles. The molecule has 0 radical (unpaired) electrons. The number of aromatic nitrogens is 1. The van der Waals surface area contributed by atoms with Gasteiger partial charge in [-0.25, -0.2) is 0 Å². The van der Waals surface area contributed by atoms with Crippen LogP contribution in [-0.4, -0.2) is 23.4 Å². The second-order valence-corrected chi connectivity index (χ2v) is 5.70. The maximum atomic E-state index is 12.0. The Hall–Kier alpha value is -2.89. The highest BCUT2D eigenvalue weighted by atomic mass is 16.5. The normalized spacial score (nSPS) is 14.3. The number of pyridine rings is 1. The van der Waals surface area contributed by atoms with E-state index in [1.165, 1.54) is 0 Å². The van der Waals surface area contributed by atoms with E-state index in [0.717, 1.165) is 16.9 Å². The first kappa shape index (κ1) is 16.0. The highest BCUT2D eigenvalue weighted by Crippen LogP contribution is 2.26. The Kier molecular flexibility index (Phi) is 4.74. The second-order valence-electron chi connectivity index (χ2n) is 5.70. The molecule has 1 aliphatic rings. The van der Waals surface area contributed by atoms with Gasteiger partial charge >= 0.3 is 0 Å². The number of rotatable bonds is 5. The van der Waals surface area contributed by atoms with Crippen molar-refractivity contribution in [3.63, 3.8) is 0 Å². The van der Waals surface area contributed by atoms with Gasteiger partial charge in [0.05, 0.1) is 11.7 Å². The third kappa shape index (κ3) is 3.90. The third-order valence-corrected chi connectivity index (χ3v) is 3.85. The molecule has 0 spiro atoms. The predicted molar refractivity (Wildman–Crippen MR) is 89.7 cm³/mol. The van der Waals surface area contributed by atoms with Crippen LogP contribution in [0.25, 0.3) is 0 Å². The molecule has 24 heavy (non-hydrogen) atoms. The van der Waals surface area contributed by atoms with Gasteiger partial charge in [-0.1, -0.05) is 6.07 Å². The topological polar surface area (TPSA) is 80.3 Å². The summed E-state index contributed by atoms with van der Waals surface area (Å²) in [6, 6.07) is 10.8. The van der Waals surface area contributed by atoms with Crippen LogP contribution >= 0.6 is 0 Å². The first-order valence-electron chi connectivity index (χ1n) is 7.87. The zero-order chi connectivity index (χ0) is 16.9. The van der Waals surface area contributed by atoms with Gasteiger partial charge in [0.1, 0.15) is 5.75 Å². The molecule has 1 aromatic carbocycles. The Labute approximate surface area is 140 Å². The van der Waals surface area contributed by atoms with Crippen LogP contribution in [0, 0.1) is 0 Å². The summed E-state index contributed by atoms with van der Waals surface area (Å²) in [5.74, 6) is 0.434. The smallest absolute Gasteiger partial charge is 0.258 e. The molecular formula is C18H19N3O3. The van der Waals surface area contributed by atoms with Crippen molar-refractivity contribution in [1.29, 1.82) is 0 Å². The molecule has 2 N–H and O–H groups in total. The van der Waals surface area contributed by atoms with Crippen LogP contribution in [-0.2, 0) is 16.0 Å². The SMILES string of the molecule is C[C@@H](NC(=O)COc1ccc2c(c1)CCC(=O)N2)c1ccccn1. The lowest BCUT2D eigenvalue weighted by Gasteiger charge is -2.18. The van der Waals surface area contributed by atoms with E-state index in [9.17, 15) is 9.59 Å². The van der Waals surface area contributed by atoms with Crippen LogP contribution in [0.15, 0.2) is 42.6 Å². The van der Waals surface area contributed by atoms with Gasteiger partial charge in [-0.3, -0.25) is 14.6 Å². The largest absolute Gasteiger partial charge is 0.484 e. The number of nitrogens with zero attached hydrogens (tertiary/aromatic N) is 1. The quantitative estimate of drug-likeness (QED) is 0.883. The number of ether oxygens (including phenoxy) is 1. The number of carbonyl (C=O) groups is 2. The van der Waals surface area contributed by atoms with Crippen LogP contribution in [0.4, 0.5) is 5.69 Å². The van der Waals surface area contributed by atoms with Crippen molar-refractivity contribution in [2.45, 2.75) is 25.8 Å². The van der Waals surface area contributed by atoms with Crippen molar-refractivity contribution in [3.8, 4) is 5.75 Å². The minimum Gasteiger partial charge on any atom is -0.484 e. The number of fused-ring (bicyclic) bond motifs is 1. The van der Waals surface area contributed by atoms with Crippen molar-refractivity contribution in [2.24, 2.45) is 0 Å². The maximum absolute atomic E-state index is 12.0. The summed E-state index contributed by atoms with van der Waals surface area (Å²) in [4.78, 5) is 27.6. The van der Waals surface area contributed by atoms with Crippen molar-refractivity contribution < 1.29 is 14.3 Å². The van der Waals surface area contributed by atoms with E-state index in [4.69, 9.17) is 4.74 Å². The van der Waals surface area contributed by atoms with E-state index in [-0.39, 0.29) is 24.5 Å². The Bertz CT molecular complexity index is 746.